The van der Waals surface area contributed by atoms with E-state index in [1.165, 1.54) is 12.8 Å². The molecular formula is C17H20N6O. The standard InChI is InChI=1S/C17H20N6O/c1-2-5-12(16-22-21-15-6-3-4-9-23(15)16)18-17(24)14-10-13(19-20-14)11-7-8-11/h3-4,6,9-12H,2,5,7-8H2,1H3,(H,18,24)(H,19,20)/t12-/m1/s1. The predicted molar refractivity (Wildman–Crippen MR) is 88.7 cm³/mol. The number of H-pyrrole nitrogens is 1. The van der Waals surface area contributed by atoms with Crippen LogP contribution in [0.1, 0.15) is 66.6 Å². The van der Waals surface area contributed by atoms with E-state index in [0.717, 1.165) is 30.0 Å². The minimum absolute atomic E-state index is 0.177. The molecule has 3 heterocycles. The molecule has 0 radical (unpaired) electrons. The zero-order chi connectivity index (χ0) is 16.5. The third-order valence-corrected chi connectivity index (χ3v) is 4.38. The lowest BCUT2D eigenvalue weighted by molar-refractivity contribution is 0.0927. The van der Waals surface area contributed by atoms with Gasteiger partial charge in [0, 0.05) is 17.8 Å². The van der Waals surface area contributed by atoms with E-state index in [4.69, 9.17) is 0 Å². The van der Waals surface area contributed by atoms with Crippen molar-refractivity contribution in [3.05, 3.63) is 47.7 Å². The van der Waals surface area contributed by atoms with E-state index in [1.807, 2.05) is 34.9 Å². The minimum atomic E-state index is -0.194. The molecule has 0 aliphatic heterocycles. The third kappa shape index (κ3) is 2.77. The number of aromatic amines is 1. The molecule has 0 saturated heterocycles. The fourth-order valence-electron chi connectivity index (χ4n) is 2.94. The number of aromatic nitrogens is 5. The number of carbonyl (C=O) groups is 1. The molecule has 0 spiro atoms. The first-order valence-corrected chi connectivity index (χ1v) is 8.42. The summed E-state index contributed by atoms with van der Waals surface area (Å²) in [5, 5.41) is 18.6. The van der Waals surface area contributed by atoms with Gasteiger partial charge in [0.1, 0.15) is 5.69 Å². The van der Waals surface area contributed by atoms with Crippen molar-refractivity contribution < 1.29 is 4.79 Å². The molecule has 0 bridgehead atoms. The van der Waals surface area contributed by atoms with Crippen molar-refractivity contribution in [2.75, 3.05) is 0 Å². The Bertz CT molecular complexity index is 863. The normalized spacial score (nSPS) is 15.5. The Morgan fingerprint density at radius 3 is 3.08 bits per heavy atom. The van der Waals surface area contributed by atoms with Crippen LogP contribution in [0.3, 0.4) is 0 Å². The SMILES string of the molecule is CCC[C@@H](NC(=O)c1cc(C2CC2)[nH]n1)c1nnc2ccccn12. The first-order valence-electron chi connectivity index (χ1n) is 8.42. The zero-order valence-corrected chi connectivity index (χ0v) is 13.6. The van der Waals surface area contributed by atoms with Crippen molar-refractivity contribution in [2.24, 2.45) is 0 Å². The van der Waals surface area contributed by atoms with Crippen LogP contribution >= 0.6 is 0 Å². The van der Waals surface area contributed by atoms with Gasteiger partial charge >= 0.3 is 0 Å². The number of amides is 1. The van der Waals surface area contributed by atoms with Crippen molar-refractivity contribution in [3.8, 4) is 0 Å². The smallest absolute Gasteiger partial charge is 0.272 e. The highest BCUT2D eigenvalue weighted by Crippen LogP contribution is 2.39. The van der Waals surface area contributed by atoms with Crippen LogP contribution < -0.4 is 5.32 Å². The summed E-state index contributed by atoms with van der Waals surface area (Å²) in [6.07, 6.45) is 5.99. The molecular weight excluding hydrogens is 304 g/mol. The van der Waals surface area contributed by atoms with Gasteiger partial charge in [-0.3, -0.25) is 14.3 Å². The average molecular weight is 324 g/mol. The Kier molecular flexibility index (Phi) is 3.76. The van der Waals surface area contributed by atoms with Crippen molar-refractivity contribution in [2.45, 2.75) is 44.6 Å². The van der Waals surface area contributed by atoms with Crippen LogP contribution in [0.4, 0.5) is 0 Å². The molecule has 1 fully saturated rings. The number of hydrogen-bond donors (Lipinski definition) is 2. The fourth-order valence-corrected chi connectivity index (χ4v) is 2.94. The molecule has 0 unspecified atom stereocenters. The first-order chi connectivity index (χ1) is 11.8. The zero-order valence-electron chi connectivity index (χ0n) is 13.6. The Labute approximate surface area is 139 Å². The van der Waals surface area contributed by atoms with Crippen molar-refractivity contribution in [1.29, 1.82) is 0 Å². The second-order valence-electron chi connectivity index (χ2n) is 6.28. The summed E-state index contributed by atoms with van der Waals surface area (Å²) in [5.41, 5.74) is 2.27. The molecule has 1 saturated carbocycles. The summed E-state index contributed by atoms with van der Waals surface area (Å²) in [7, 11) is 0. The monoisotopic (exact) mass is 324 g/mol. The van der Waals surface area contributed by atoms with Gasteiger partial charge in [-0.2, -0.15) is 5.10 Å². The minimum Gasteiger partial charge on any atom is -0.341 e. The predicted octanol–water partition coefficient (Wildman–Crippen LogP) is 2.60. The molecule has 4 rings (SSSR count). The maximum Gasteiger partial charge on any atom is 0.272 e. The summed E-state index contributed by atoms with van der Waals surface area (Å²) in [5.74, 6) is 1.12. The van der Waals surface area contributed by atoms with E-state index in [1.54, 1.807) is 0 Å². The van der Waals surface area contributed by atoms with Gasteiger partial charge in [-0.05, 0) is 37.5 Å². The van der Waals surface area contributed by atoms with Gasteiger partial charge in [0.15, 0.2) is 11.5 Å². The molecule has 7 nitrogen and oxygen atoms in total. The maximum atomic E-state index is 12.6. The van der Waals surface area contributed by atoms with E-state index < -0.39 is 0 Å². The van der Waals surface area contributed by atoms with Gasteiger partial charge in [-0.15, -0.1) is 10.2 Å². The number of rotatable bonds is 6. The Morgan fingerprint density at radius 2 is 2.29 bits per heavy atom. The highest BCUT2D eigenvalue weighted by molar-refractivity contribution is 5.92. The molecule has 1 aliphatic rings. The lowest BCUT2D eigenvalue weighted by atomic mass is 10.1. The second kappa shape index (κ2) is 6.07. The number of fused-ring (bicyclic) bond motifs is 1. The Morgan fingerprint density at radius 1 is 1.42 bits per heavy atom. The van der Waals surface area contributed by atoms with Crippen LogP contribution in [0.25, 0.3) is 5.65 Å². The van der Waals surface area contributed by atoms with Gasteiger partial charge in [0.05, 0.1) is 6.04 Å². The van der Waals surface area contributed by atoms with Crippen LogP contribution in [-0.4, -0.2) is 30.7 Å². The van der Waals surface area contributed by atoms with E-state index in [0.29, 0.717) is 11.6 Å². The molecule has 3 aromatic heterocycles. The van der Waals surface area contributed by atoms with Crippen molar-refractivity contribution >= 4 is 11.6 Å². The van der Waals surface area contributed by atoms with E-state index in [-0.39, 0.29) is 11.9 Å². The van der Waals surface area contributed by atoms with Gasteiger partial charge in [0.2, 0.25) is 0 Å². The number of nitrogens with zero attached hydrogens (tertiary/aromatic N) is 4. The molecule has 1 amide bonds. The molecule has 7 heteroatoms. The molecule has 1 aliphatic carbocycles. The fraction of sp³-hybridized carbons (Fsp3) is 0.412. The lowest BCUT2D eigenvalue weighted by Gasteiger charge is -2.15. The first kappa shape index (κ1) is 14.9. The quantitative estimate of drug-likeness (QED) is 0.729. The number of nitrogens with one attached hydrogen (secondary N) is 2. The number of hydrogen-bond acceptors (Lipinski definition) is 4. The van der Waals surface area contributed by atoms with Gasteiger partial charge in [0.25, 0.3) is 5.91 Å². The van der Waals surface area contributed by atoms with E-state index in [9.17, 15) is 4.79 Å². The van der Waals surface area contributed by atoms with Crippen LogP contribution in [0.15, 0.2) is 30.5 Å². The Hall–Kier alpha value is -2.70. The Balaban J connectivity index is 1.57. The van der Waals surface area contributed by atoms with Crippen LogP contribution in [0, 0.1) is 0 Å². The molecule has 2 N–H and O–H groups in total. The largest absolute Gasteiger partial charge is 0.341 e. The molecule has 3 aromatic rings. The number of pyridine rings is 1. The van der Waals surface area contributed by atoms with Gasteiger partial charge < -0.3 is 5.32 Å². The van der Waals surface area contributed by atoms with Gasteiger partial charge in [-0.25, -0.2) is 0 Å². The molecule has 24 heavy (non-hydrogen) atoms. The van der Waals surface area contributed by atoms with E-state index in [2.05, 4.69) is 32.6 Å². The molecule has 124 valence electrons. The molecule has 1 atom stereocenters. The summed E-state index contributed by atoms with van der Waals surface area (Å²) < 4.78 is 1.92. The second-order valence-corrected chi connectivity index (χ2v) is 6.28. The third-order valence-electron chi connectivity index (χ3n) is 4.38. The summed E-state index contributed by atoms with van der Waals surface area (Å²) in [6.45, 7) is 2.09. The highest BCUT2D eigenvalue weighted by atomic mass is 16.2. The highest BCUT2D eigenvalue weighted by Gasteiger charge is 2.27. The maximum absolute atomic E-state index is 12.6. The number of carbonyl (C=O) groups excluding carboxylic acids is 1. The summed E-state index contributed by atoms with van der Waals surface area (Å²) in [4.78, 5) is 12.6. The average Bonchev–Trinajstić information content (AvgIpc) is 3.17. The summed E-state index contributed by atoms with van der Waals surface area (Å²) in [6, 6.07) is 7.42. The van der Waals surface area contributed by atoms with E-state index >= 15 is 0 Å². The summed E-state index contributed by atoms with van der Waals surface area (Å²) >= 11 is 0. The molecule has 0 aromatic carbocycles. The topological polar surface area (TPSA) is 88.0 Å². The van der Waals surface area contributed by atoms with Crippen molar-refractivity contribution in [1.82, 2.24) is 30.1 Å². The van der Waals surface area contributed by atoms with Gasteiger partial charge in [-0.1, -0.05) is 19.4 Å². The van der Waals surface area contributed by atoms with Crippen LogP contribution in [-0.2, 0) is 0 Å². The van der Waals surface area contributed by atoms with Crippen molar-refractivity contribution in [3.63, 3.8) is 0 Å². The lowest BCUT2D eigenvalue weighted by Crippen LogP contribution is -2.30. The van der Waals surface area contributed by atoms with Crippen LogP contribution in [0.5, 0.6) is 0 Å². The van der Waals surface area contributed by atoms with Crippen LogP contribution in [0.2, 0.25) is 0 Å².